The molecular formula is C23H18FNO. The highest BCUT2D eigenvalue weighted by molar-refractivity contribution is 5.87. The maximum atomic E-state index is 13.6. The predicted molar refractivity (Wildman–Crippen MR) is 101 cm³/mol. The molecule has 0 radical (unpaired) electrons. The molecule has 3 heteroatoms. The first-order chi connectivity index (χ1) is 12.8. The zero-order valence-electron chi connectivity index (χ0n) is 14.2. The van der Waals surface area contributed by atoms with Crippen molar-refractivity contribution in [3.8, 4) is 11.8 Å². The van der Waals surface area contributed by atoms with Crippen molar-refractivity contribution >= 4 is 5.91 Å². The average Bonchev–Trinajstić information content (AvgIpc) is 2.68. The largest absolute Gasteiger partial charge is 0.344 e. The summed E-state index contributed by atoms with van der Waals surface area (Å²) in [5.74, 6) is 4.65. The molecule has 1 N–H and O–H groups in total. The molecule has 0 aliphatic carbocycles. The van der Waals surface area contributed by atoms with Gasteiger partial charge in [-0.25, -0.2) is 4.39 Å². The highest BCUT2D eigenvalue weighted by atomic mass is 19.1. The van der Waals surface area contributed by atoms with E-state index in [2.05, 4.69) is 17.2 Å². The zero-order chi connectivity index (χ0) is 18.2. The summed E-state index contributed by atoms with van der Waals surface area (Å²) >= 11 is 0. The van der Waals surface area contributed by atoms with E-state index in [9.17, 15) is 9.18 Å². The zero-order valence-corrected chi connectivity index (χ0v) is 14.2. The maximum absolute atomic E-state index is 13.6. The second-order valence-electron chi connectivity index (χ2n) is 5.75. The van der Waals surface area contributed by atoms with E-state index in [-0.39, 0.29) is 18.3 Å². The van der Waals surface area contributed by atoms with E-state index in [0.29, 0.717) is 5.56 Å². The third kappa shape index (κ3) is 4.37. The molecular weight excluding hydrogens is 325 g/mol. The van der Waals surface area contributed by atoms with Gasteiger partial charge in [0.15, 0.2) is 0 Å². The lowest BCUT2D eigenvalue weighted by Gasteiger charge is -2.17. The van der Waals surface area contributed by atoms with Gasteiger partial charge >= 0.3 is 0 Å². The first-order valence-electron chi connectivity index (χ1n) is 8.36. The average molecular weight is 343 g/mol. The number of rotatable bonds is 4. The second-order valence-corrected chi connectivity index (χ2v) is 5.75. The number of nitrogens with one attached hydrogen (secondary N) is 1. The predicted octanol–water partition coefficient (Wildman–Crippen LogP) is 4.13. The standard InChI is InChI=1S/C23H18FNO/c24-21-16-8-7-10-18(21)15-9-17-25-23(26)22(19-11-3-1-4-12-19)20-13-5-2-6-14-20/h1-8,10-14,16,22H,17H2,(H,25,26). The minimum absolute atomic E-state index is 0.134. The van der Waals surface area contributed by atoms with Crippen molar-refractivity contribution in [2.45, 2.75) is 5.92 Å². The summed E-state index contributed by atoms with van der Waals surface area (Å²) in [7, 11) is 0. The minimum Gasteiger partial charge on any atom is -0.344 e. The molecule has 3 rings (SSSR count). The first kappa shape index (κ1) is 17.4. The first-order valence-corrected chi connectivity index (χ1v) is 8.36. The molecule has 0 spiro atoms. The minimum atomic E-state index is -0.410. The topological polar surface area (TPSA) is 29.1 Å². The summed E-state index contributed by atoms with van der Waals surface area (Å²) in [6.45, 7) is 0.156. The van der Waals surface area contributed by atoms with E-state index < -0.39 is 5.92 Å². The van der Waals surface area contributed by atoms with Gasteiger partial charge in [-0.3, -0.25) is 4.79 Å². The number of carbonyl (C=O) groups is 1. The van der Waals surface area contributed by atoms with Crippen molar-refractivity contribution in [2.75, 3.05) is 6.54 Å². The smallest absolute Gasteiger partial charge is 0.232 e. The van der Waals surface area contributed by atoms with E-state index in [0.717, 1.165) is 11.1 Å². The Kier molecular flexibility index (Phi) is 5.80. The Hall–Kier alpha value is -3.38. The molecule has 0 aromatic heterocycles. The van der Waals surface area contributed by atoms with Crippen molar-refractivity contribution in [2.24, 2.45) is 0 Å². The quantitative estimate of drug-likeness (QED) is 0.709. The Balaban J connectivity index is 1.74. The molecule has 128 valence electrons. The molecule has 3 aromatic carbocycles. The molecule has 2 nitrogen and oxygen atoms in total. The number of hydrogen-bond donors (Lipinski definition) is 1. The third-order valence-electron chi connectivity index (χ3n) is 3.98. The van der Waals surface area contributed by atoms with E-state index in [1.165, 1.54) is 6.07 Å². The van der Waals surface area contributed by atoms with Crippen LogP contribution >= 0.6 is 0 Å². The summed E-state index contributed by atoms with van der Waals surface area (Å²) in [4.78, 5) is 12.8. The number of halogens is 1. The van der Waals surface area contributed by atoms with Crippen LogP contribution in [0.15, 0.2) is 84.9 Å². The lowest BCUT2D eigenvalue weighted by atomic mass is 9.90. The van der Waals surface area contributed by atoms with Gasteiger partial charge in [0.2, 0.25) is 5.91 Å². The highest BCUT2D eigenvalue weighted by Crippen LogP contribution is 2.24. The van der Waals surface area contributed by atoms with Crippen LogP contribution in [0, 0.1) is 17.7 Å². The number of amides is 1. The highest BCUT2D eigenvalue weighted by Gasteiger charge is 2.21. The van der Waals surface area contributed by atoms with E-state index in [1.54, 1.807) is 18.2 Å². The van der Waals surface area contributed by atoms with Crippen molar-refractivity contribution in [3.05, 3.63) is 107 Å². The molecule has 0 bridgehead atoms. The van der Waals surface area contributed by atoms with Crippen LogP contribution in [0.2, 0.25) is 0 Å². The normalized spacial score (nSPS) is 10.1. The van der Waals surface area contributed by atoms with Crippen molar-refractivity contribution in [1.29, 1.82) is 0 Å². The fourth-order valence-electron chi connectivity index (χ4n) is 2.72. The van der Waals surface area contributed by atoms with Crippen LogP contribution in [0.25, 0.3) is 0 Å². The Morgan fingerprint density at radius 2 is 1.38 bits per heavy atom. The molecule has 0 saturated heterocycles. The van der Waals surface area contributed by atoms with Crippen LogP contribution in [0.4, 0.5) is 4.39 Å². The van der Waals surface area contributed by atoms with Gasteiger partial charge in [0.05, 0.1) is 18.0 Å². The van der Waals surface area contributed by atoms with Gasteiger partial charge in [0.25, 0.3) is 0 Å². The Morgan fingerprint density at radius 1 is 0.846 bits per heavy atom. The van der Waals surface area contributed by atoms with E-state index >= 15 is 0 Å². The fourth-order valence-corrected chi connectivity index (χ4v) is 2.72. The van der Waals surface area contributed by atoms with Crippen molar-refractivity contribution in [3.63, 3.8) is 0 Å². The van der Waals surface area contributed by atoms with Gasteiger partial charge in [-0.2, -0.15) is 0 Å². The van der Waals surface area contributed by atoms with Crippen LogP contribution in [-0.2, 0) is 4.79 Å². The molecule has 0 aliphatic rings. The molecule has 0 heterocycles. The summed E-state index contributed by atoms with van der Waals surface area (Å²) in [6, 6.07) is 25.5. The molecule has 0 fully saturated rings. The van der Waals surface area contributed by atoms with Gasteiger partial charge in [-0.15, -0.1) is 0 Å². The SMILES string of the molecule is O=C(NCC#Cc1ccccc1F)C(c1ccccc1)c1ccccc1. The molecule has 3 aromatic rings. The third-order valence-corrected chi connectivity index (χ3v) is 3.98. The molecule has 26 heavy (non-hydrogen) atoms. The summed E-state index contributed by atoms with van der Waals surface area (Å²) < 4.78 is 13.6. The molecule has 1 amide bonds. The summed E-state index contributed by atoms with van der Waals surface area (Å²) in [5, 5.41) is 2.83. The van der Waals surface area contributed by atoms with Gasteiger partial charge < -0.3 is 5.32 Å². The Morgan fingerprint density at radius 3 is 1.96 bits per heavy atom. The second kappa shape index (κ2) is 8.64. The summed E-state index contributed by atoms with van der Waals surface area (Å²) in [6.07, 6.45) is 0. The maximum Gasteiger partial charge on any atom is 0.232 e. The van der Waals surface area contributed by atoms with E-state index in [4.69, 9.17) is 0 Å². The van der Waals surface area contributed by atoms with Gasteiger partial charge in [-0.05, 0) is 23.3 Å². The lowest BCUT2D eigenvalue weighted by Crippen LogP contribution is -2.30. The van der Waals surface area contributed by atoms with Crippen molar-refractivity contribution < 1.29 is 9.18 Å². The molecule has 0 unspecified atom stereocenters. The van der Waals surface area contributed by atoms with Crippen LogP contribution in [0.5, 0.6) is 0 Å². The molecule has 0 saturated carbocycles. The number of hydrogen-bond acceptors (Lipinski definition) is 1. The Bertz CT molecular complexity index is 887. The lowest BCUT2D eigenvalue weighted by molar-refractivity contribution is -0.121. The van der Waals surface area contributed by atoms with Gasteiger partial charge in [0, 0.05) is 0 Å². The fraction of sp³-hybridized carbons (Fsp3) is 0.0870. The Labute approximate surface area is 152 Å². The number of benzene rings is 3. The van der Waals surface area contributed by atoms with Crippen LogP contribution < -0.4 is 5.32 Å². The molecule has 0 atom stereocenters. The van der Waals surface area contributed by atoms with E-state index in [1.807, 2.05) is 60.7 Å². The van der Waals surface area contributed by atoms with Crippen LogP contribution in [0.1, 0.15) is 22.6 Å². The number of carbonyl (C=O) groups excluding carboxylic acids is 1. The van der Waals surface area contributed by atoms with Gasteiger partial charge in [-0.1, -0.05) is 84.6 Å². The van der Waals surface area contributed by atoms with Crippen molar-refractivity contribution in [1.82, 2.24) is 5.32 Å². The van der Waals surface area contributed by atoms with Gasteiger partial charge in [0.1, 0.15) is 5.82 Å². The summed E-state index contributed by atoms with van der Waals surface area (Å²) in [5.41, 5.74) is 2.15. The van der Waals surface area contributed by atoms with Crippen LogP contribution in [-0.4, -0.2) is 12.5 Å². The monoisotopic (exact) mass is 343 g/mol. The molecule has 0 aliphatic heterocycles. The van der Waals surface area contributed by atoms with Crippen LogP contribution in [0.3, 0.4) is 0 Å².